The van der Waals surface area contributed by atoms with Gasteiger partial charge in [0, 0.05) is 25.8 Å². The summed E-state index contributed by atoms with van der Waals surface area (Å²) in [5, 5.41) is 0. The molecule has 150 valence electrons. The third-order valence-electron chi connectivity index (χ3n) is 5.33. The molecule has 1 aliphatic heterocycles. The molecular formula is C24H32N2OS. The van der Waals surface area contributed by atoms with Gasteiger partial charge in [-0.3, -0.25) is 4.79 Å². The third-order valence-corrected chi connectivity index (χ3v) is 6.43. The first-order chi connectivity index (χ1) is 13.6. The van der Waals surface area contributed by atoms with Gasteiger partial charge in [0.2, 0.25) is 0 Å². The lowest BCUT2D eigenvalue weighted by atomic mass is 10.0. The Kier molecular flexibility index (Phi) is 7.43. The zero-order valence-corrected chi connectivity index (χ0v) is 18.3. The van der Waals surface area contributed by atoms with Gasteiger partial charge < -0.3 is 4.90 Å². The summed E-state index contributed by atoms with van der Waals surface area (Å²) in [6, 6.07) is 9.63. The molecule has 0 bridgehead atoms. The summed E-state index contributed by atoms with van der Waals surface area (Å²) >= 11 is 1.66. The molecule has 3 nitrogen and oxygen atoms in total. The molecule has 1 aromatic carbocycles. The fourth-order valence-electron chi connectivity index (χ4n) is 3.75. The van der Waals surface area contributed by atoms with Crippen LogP contribution in [-0.2, 0) is 6.42 Å². The minimum atomic E-state index is 0.0454. The van der Waals surface area contributed by atoms with Crippen LogP contribution < -0.4 is 10.3 Å². The second-order valence-electron chi connectivity index (χ2n) is 7.91. The predicted molar refractivity (Wildman–Crippen MR) is 123 cm³/mol. The lowest BCUT2D eigenvalue weighted by molar-refractivity contribution is 0.575. The molecule has 0 saturated carbocycles. The number of rotatable bonds is 10. The van der Waals surface area contributed by atoms with Crippen LogP contribution in [0.4, 0.5) is 5.69 Å². The van der Waals surface area contributed by atoms with Crippen molar-refractivity contribution in [2.45, 2.75) is 64.7 Å². The normalized spacial score (nSPS) is 11.4. The number of nitrogens with zero attached hydrogens (tertiary/aromatic N) is 2. The summed E-state index contributed by atoms with van der Waals surface area (Å²) in [5.74, 6) is 0. The van der Waals surface area contributed by atoms with Crippen LogP contribution in [0.1, 0.15) is 63.9 Å². The van der Waals surface area contributed by atoms with E-state index in [1.807, 2.05) is 6.07 Å². The average Bonchev–Trinajstić information content (AvgIpc) is 2.67. The quantitative estimate of drug-likeness (QED) is 0.289. The number of anilines is 1. The Morgan fingerprint density at radius 3 is 2.36 bits per heavy atom. The van der Waals surface area contributed by atoms with Crippen LogP contribution in [0.25, 0.3) is 20.8 Å². The number of aryl methyl sites for hydroxylation is 1. The molecule has 4 heteroatoms. The Hall–Kier alpha value is -1.94. The second-order valence-corrected chi connectivity index (χ2v) is 9.00. The van der Waals surface area contributed by atoms with Crippen LogP contribution in [0.15, 0.2) is 35.1 Å². The number of aromatic nitrogens is 1. The standard InChI is InChI=1S/C24H32N2OS/c1-4-5-6-7-8-9-10-11-12-18-15-21-24(17-22(18)26(2)3)28-23-16-19(27)13-14-20(23)25-21/h13-17H,4-12H2,1-3H3. The summed E-state index contributed by atoms with van der Waals surface area (Å²) in [5.41, 5.74) is 4.64. The molecule has 0 N–H and O–H groups in total. The topological polar surface area (TPSA) is 33.2 Å². The van der Waals surface area contributed by atoms with Crippen molar-refractivity contribution in [3.63, 3.8) is 0 Å². The Morgan fingerprint density at radius 2 is 1.64 bits per heavy atom. The van der Waals surface area contributed by atoms with Gasteiger partial charge in [-0.25, -0.2) is 4.98 Å². The maximum absolute atomic E-state index is 11.7. The molecule has 0 aromatic heterocycles. The lowest BCUT2D eigenvalue weighted by Gasteiger charge is -2.19. The maximum atomic E-state index is 11.7. The summed E-state index contributed by atoms with van der Waals surface area (Å²) in [4.78, 5) is 19.6. The van der Waals surface area contributed by atoms with Crippen LogP contribution in [0, 0.1) is 0 Å². The van der Waals surface area contributed by atoms with Crippen molar-refractivity contribution in [3.05, 3.63) is 46.1 Å². The van der Waals surface area contributed by atoms with E-state index in [4.69, 9.17) is 4.98 Å². The highest BCUT2D eigenvalue weighted by Crippen LogP contribution is 2.34. The first-order valence-corrected chi connectivity index (χ1v) is 11.4. The van der Waals surface area contributed by atoms with Crippen molar-refractivity contribution in [2.75, 3.05) is 19.0 Å². The summed E-state index contributed by atoms with van der Waals surface area (Å²) < 4.78 is 1.14. The highest BCUT2D eigenvalue weighted by molar-refractivity contribution is 7.21. The molecule has 0 fully saturated rings. The molecule has 1 heterocycles. The molecule has 2 aliphatic rings. The molecule has 1 aliphatic carbocycles. The SMILES string of the molecule is CCCCCCCCCCc1cc2nc3ccc(=O)cc-3sc2cc1N(C)C. The number of hydrogen-bond acceptors (Lipinski definition) is 4. The Labute approximate surface area is 172 Å². The smallest absolute Gasteiger partial charge is 0.180 e. The fourth-order valence-corrected chi connectivity index (χ4v) is 4.76. The van der Waals surface area contributed by atoms with E-state index in [1.54, 1.807) is 23.5 Å². The van der Waals surface area contributed by atoms with Gasteiger partial charge in [-0.05, 0) is 42.7 Å². The van der Waals surface area contributed by atoms with E-state index in [0.29, 0.717) is 0 Å². The van der Waals surface area contributed by atoms with Crippen LogP contribution in [-0.4, -0.2) is 19.1 Å². The van der Waals surface area contributed by atoms with Gasteiger partial charge >= 0.3 is 0 Å². The fraction of sp³-hybridized carbons (Fsp3) is 0.500. The molecule has 0 amide bonds. The van der Waals surface area contributed by atoms with Crippen LogP contribution >= 0.6 is 11.3 Å². The first-order valence-electron chi connectivity index (χ1n) is 10.6. The third kappa shape index (κ3) is 5.32. The van der Waals surface area contributed by atoms with E-state index in [9.17, 15) is 4.79 Å². The van der Waals surface area contributed by atoms with Gasteiger partial charge in [0.05, 0.1) is 20.8 Å². The molecule has 3 rings (SSSR count). The minimum absolute atomic E-state index is 0.0454. The molecule has 0 atom stereocenters. The van der Waals surface area contributed by atoms with Crippen molar-refractivity contribution in [3.8, 4) is 10.6 Å². The lowest BCUT2D eigenvalue weighted by Crippen LogP contribution is -2.11. The van der Waals surface area contributed by atoms with Crippen LogP contribution in [0.5, 0.6) is 0 Å². The van der Waals surface area contributed by atoms with E-state index in [2.05, 4.69) is 38.1 Å². The van der Waals surface area contributed by atoms with E-state index in [0.717, 1.165) is 27.2 Å². The zero-order chi connectivity index (χ0) is 19.9. The van der Waals surface area contributed by atoms with Gasteiger partial charge in [0.15, 0.2) is 5.43 Å². The molecule has 1 aromatic rings. The van der Waals surface area contributed by atoms with Crippen molar-refractivity contribution in [1.29, 1.82) is 0 Å². The van der Waals surface area contributed by atoms with Gasteiger partial charge in [-0.2, -0.15) is 0 Å². The Balaban J connectivity index is 1.73. The van der Waals surface area contributed by atoms with Crippen molar-refractivity contribution in [1.82, 2.24) is 4.98 Å². The first kappa shape index (κ1) is 20.8. The predicted octanol–water partition coefficient (Wildman–Crippen LogP) is 6.51. The van der Waals surface area contributed by atoms with Crippen LogP contribution in [0.3, 0.4) is 0 Å². The Morgan fingerprint density at radius 1 is 0.929 bits per heavy atom. The zero-order valence-electron chi connectivity index (χ0n) is 17.5. The number of fused-ring (bicyclic) bond motifs is 2. The number of hydrogen-bond donors (Lipinski definition) is 0. The van der Waals surface area contributed by atoms with E-state index in [-0.39, 0.29) is 5.43 Å². The molecule has 0 saturated heterocycles. The summed E-state index contributed by atoms with van der Waals surface area (Å²) in [7, 11) is 4.21. The van der Waals surface area contributed by atoms with Gasteiger partial charge in [0.1, 0.15) is 0 Å². The molecule has 28 heavy (non-hydrogen) atoms. The van der Waals surface area contributed by atoms with E-state index < -0.39 is 0 Å². The minimum Gasteiger partial charge on any atom is -0.377 e. The maximum Gasteiger partial charge on any atom is 0.180 e. The highest BCUT2D eigenvalue weighted by Gasteiger charge is 2.12. The van der Waals surface area contributed by atoms with Crippen molar-refractivity contribution < 1.29 is 0 Å². The molecule has 0 unspecified atom stereocenters. The highest BCUT2D eigenvalue weighted by atomic mass is 32.1. The summed E-state index contributed by atoms with van der Waals surface area (Å²) in [6.45, 7) is 2.27. The second kappa shape index (κ2) is 10.0. The average molecular weight is 397 g/mol. The largest absolute Gasteiger partial charge is 0.377 e. The van der Waals surface area contributed by atoms with Gasteiger partial charge in [0.25, 0.3) is 0 Å². The number of benzene rings is 2. The Bertz CT molecular complexity index is 932. The van der Waals surface area contributed by atoms with E-state index >= 15 is 0 Å². The van der Waals surface area contributed by atoms with E-state index in [1.165, 1.54) is 62.6 Å². The van der Waals surface area contributed by atoms with Crippen LogP contribution in [0.2, 0.25) is 0 Å². The van der Waals surface area contributed by atoms with Crippen molar-refractivity contribution >= 4 is 27.2 Å². The monoisotopic (exact) mass is 396 g/mol. The van der Waals surface area contributed by atoms with Crippen molar-refractivity contribution in [2.24, 2.45) is 0 Å². The molecule has 0 spiro atoms. The molecular weight excluding hydrogens is 364 g/mol. The number of unbranched alkanes of at least 4 members (excludes halogenated alkanes) is 7. The van der Waals surface area contributed by atoms with Gasteiger partial charge in [-0.15, -0.1) is 11.3 Å². The molecule has 0 radical (unpaired) electrons. The summed E-state index contributed by atoms with van der Waals surface area (Å²) in [6.07, 6.45) is 11.8. The van der Waals surface area contributed by atoms with Gasteiger partial charge in [-0.1, -0.05) is 51.9 Å².